The van der Waals surface area contributed by atoms with E-state index < -0.39 is 54.1 Å². The molecule has 1 aliphatic rings. The second-order valence-electron chi connectivity index (χ2n) is 8.59. The van der Waals surface area contributed by atoms with Gasteiger partial charge in [0.1, 0.15) is 6.10 Å². The van der Waals surface area contributed by atoms with Crippen LogP contribution < -0.4 is 0 Å². The third-order valence-electron chi connectivity index (χ3n) is 6.05. The molecule has 0 saturated heterocycles. The summed E-state index contributed by atoms with van der Waals surface area (Å²) >= 11 is 0. The Labute approximate surface area is 179 Å². The Morgan fingerprint density at radius 1 is 1.20 bits per heavy atom. The minimum absolute atomic E-state index is 0.139. The number of hydrogen-bond donors (Lipinski definition) is 4. The fraction of sp³-hybridized carbons (Fsp3) is 0.739. The van der Waals surface area contributed by atoms with E-state index in [4.69, 9.17) is 4.74 Å². The van der Waals surface area contributed by atoms with E-state index in [0.29, 0.717) is 6.42 Å². The van der Waals surface area contributed by atoms with Crippen molar-refractivity contribution < 1.29 is 34.8 Å². The number of carbonyl (C=O) groups excluding carboxylic acids is 2. The summed E-state index contributed by atoms with van der Waals surface area (Å²) in [4.78, 5) is 24.9. The van der Waals surface area contributed by atoms with Gasteiger partial charge in [-0.3, -0.25) is 9.59 Å². The van der Waals surface area contributed by atoms with Gasteiger partial charge in [0.25, 0.3) is 0 Å². The summed E-state index contributed by atoms with van der Waals surface area (Å²) in [6.45, 7) is 8.28. The van der Waals surface area contributed by atoms with Gasteiger partial charge < -0.3 is 25.2 Å². The van der Waals surface area contributed by atoms with Gasteiger partial charge in [0.2, 0.25) is 0 Å². The molecule has 7 nitrogen and oxygen atoms in total. The molecule has 8 atom stereocenters. The van der Waals surface area contributed by atoms with Gasteiger partial charge in [-0.2, -0.15) is 0 Å². The Morgan fingerprint density at radius 3 is 2.37 bits per heavy atom. The second-order valence-corrected chi connectivity index (χ2v) is 8.59. The maximum Gasteiger partial charge on any atom is 0.308 e. The van der Waals surface area contributed by atoms with Crippen LogP contribution in [0.5, 0.6) is 0 Å². The van der Waals surface area contributed by atoms with E-state index in [1.165, 1.54) is 6.08 Å². The molecule has 0 aromatic heterocycles. The van der Waals surface area contributed by atoms with Crippen LogP contribution in [0.15, 0.2) is 23.8 Å². The van der Waals surface area contributed by atoms with Crippen LogP contribution in [0.1, 0.15) is 53.9 Å². The van der Waals surface area contributed by atoms with Crippen molar-refractivity contribution in [1.82, 2.24) is 0 Å². The molecule has 1 heterocycles. The lowest BCUT2D eigenvalue weighted by Gasteiger charge is -2.33. The van der Waals surface area contributed by atoms with Crippen LogP contribution in [-0.2, 0) is 14.3 Å². The van der Waals surface area contributed by atoms with Gasteiger partial charge in [0.15, 0.2) is 5.78 Å². The highest BCUT2D eigenvalue weighted by molar-refractivity contribution is 5.91. The van der Waals surface area contributed by atoms with E-state index in [1.54, 1.807) is 39.8 Å². The zero-order valence-electron chi connectivity index (χ0n) is 18.7. The quantitative estimate of drug-likeness (QED) is 0.507. The number of allylic oxidation sites excluding steroid dienone is 3. The number of ketones is 1. The topological polar surface area (TPSA) is 124 Å². The summed E-state index contributed by atoms with van der Waals surface area (Å²) in [5.41, 5.74) is 0.747. The first kappa shape index (κ1) is 26.5. The Balaban J connectivity index is 3.29. The average Bonchev–Trinajstić information content (AvgIpc) is 2.70. The number of esters is 1. The lowest BCUT2D eigenvalue weighted by Crippen LogP contribution is -2.42. The highest BCUT2D eigenvalue weighted by Crippen LogP contribution is 2.28. The highest BCUT2D eigenvalue weighted by atomic mass is 16.5. The molecule has 0 saturated carbocycles. The zero-order valence-corrected chi connectivity index (χ0v) is 18.7. The molecule has 30 heavy (non-hydrogen) atoms. The molecule has 8 unspecified atom stereocenters. The minimum atomic E-state index is -1.17. The number of aliphatic hydroxyl groups is 4. The van der Waals surface area contributed by atoms with Crippen molar-refractivity contribution in [3.63, 3.8) is 0 Å². The molecule has 0 bridgehead atoms. The first-order chi connectivity index (χ1) is 14.0. The average molecular weight is 427 g/mol. The van der Waals surface area contributed by atoms with Gasteiger partial charge in [0.05, 0.1) is 31.3 Å². The summed E-state index contributed by atoms with van der Waals surface area (Å²) < 4.78 is 5.49. The van der Waals surface area contributed by atoms with Gasteiger partial charge in [-0.25, -0.2) is 0 Å². The molecule has 0 aromatic rings. The van der Waals surface area contributed by atoms with Gasteiger partial charge >= 0.3 is 5.97 Å². The Morgan fingerprint density at radius 2 is 1.83 bits per heavy atom. The van der Waals surface area contributed by atoms with E-state index >= 15 is 0 Å². The standard InChI is InChI=1S/C23H38O7/c1-6-21-17(12-24)9-13(2)7-8-19(26)14(3)10-18(16(5)25)23(29)15(4)20(27)11-22(28)30-21/h7-9,14-18,20-21,23-25,27,29H,6,10-12H2,1-5H3. The number of ether oxygens (including phenoxy) is 1. The van der Waals surface area contributed by atoms with Gasteiger partial charge in [0, 0.05) is 23.7 Å². The van der Waals surface area contributed by atoms with E-state index in [0.717, 1.165) is 5.57 Å². The highest BCUT2D eigenvalue weighted by Gasteiger charge is 2.35. The molecular weight excluding hydrogens is 388 g/mol. The van der Waals surface area contributed by atoms with Crippen LogP contribution in [0.4, 0.5) is 0 Å². The largest absolute Gasteiger partial charge is 0.462 e. The molecule has 7 heteroatoms. The van der Waals surface area contributed by atoms with Gasteiger partial charge in [-0.1, -0.05) is 38.5 Å². The Bertz CT molecular complexity index is 625. The number of hydrogen-bond acceptors (Lipinski definition) is 7. The van der Waals surface area contributed by atoms with Crippen LogP contribution in [0.2, 0.25) is 0 Å². The van der Waals surface area contributed by atoms with Crippen molar-refractivity contribution in [3.8, 4) is 0 Å². The summed E-state index contributed by atoms with van der Waals surface area (Å²) in [5.74, 6) is -2.98. The predicted molar refractivity (Wildman–Crippen MR) is 113 cm³/mol. The molecular formula is C23H38O7. The number of rotatable bonds is 3. The van der Waals surface area contributed by atoms with Crippen molar-refractivity contribution in [2.75, 3.05) is 6.61 Å². The first-order valence-corrected chi connectivity index (χ1v) is 10.8. The molecule has 0 amide bonds. The Hall–Kier alpha value is -1.54. The normalized spacial score (nSPS) is 36.2. The van der Waals surface area contributed by atoms with Gasteiger partial charge in [-0.15, -0.1) is 0 Å². The SMILES string of the molecule is CCC1OC(=O)CC(O)C(C)C(O)C(C(C)O)CC(C)C(=O)C=CC(C)=CC1CO. The van der Waals surface area contributed by atoms with Crippen LogP contribution in [0, 0.1) is 23.7 Å². The van der Waals surface area contributed by atoms with E-state index in [2.05, 4.69) is 0 Å². The molecule has 172 valence electrons. The molecule has 1 aliphatic heterocycles. The van der Waals surface area contributed by atoms with Crippen LogP contribution in [-0.4, -0.2) is 63.2 Å². The van der Waals surface area contributed by atoms with Crippen molar-refractivity contribution in [2.45, 2.75) is 78.3 Å². The molecule has 0 aromatic carbocycles. The van der Waals surface area contributed by atoms with E-state index in [9.17, 15) is 30.0 Å². The van der Waals surface area contributed by atoms with Crippen molar-refractivity contribution >= 4 is 11.8 Å². The first-order valence-electron chi connectivity index (χ1n) is 10.8. The summed E-state index contributed by atoms with van der Waals surface area (Å²) in [5, 5.41) is 41.2. The van der Waals surface area contributed by atoms with Gasteiger partial charge in [-0.05, 0) is 32.8 Å². The monoisotopic (exact) mass is 426 g/mol. The fourth-order valence-corrected chi connectivity index (χ4v) is 3.86. The molecule has 0 radical (unpaired) electrons. The molecule has 0 fully saturated rings. The number of cyclic esters (lactones) is 1. The lowest BCUT2D eigenvalue weighted by atomic mass is 9.79. The summed E-state index contributed by atoms with van der Waals surface area (Å²) in [6.07, 6.45) is 1.53. The van der Waals surface area contributed by atoms with E-state index in [-0.39, 0.29) is 25.2 Å². The second kappa shape index (κ2) is 12.3. The molecule has 1 rings (SSSR count). The Kier molecular flexibility index (Phi) is 10.9. The minimum Gasteiger partial charge on any atom is -0.462 e. The number of aliphatic hydroxyl groups excluding tert-OH is 4. The predicted octanol–water partition coefficient (Wildman–Crippen LogP) is 1.77. The maximum absolute atomic E-state index is 12.5. The third kappa shape index (κ3) is 7.61. The van der Waals surface area contributed by atoms with Crippen LogP contribution in [0.25, 0.3) is 0 Å². The fourth-order valence-electron chi connectivity index (χ4n) is 3.86. The van der Waals surface area contributed by atoms with Crippen LogP contribution >= 0.6 is 0 Å². The molecule has 0 spiro atoms. The van der Waals surface area contributed by atoms with Crippen molar-refractivity contribution in [1.29, 1.82) is 0 Å². The zero-order chi connectivity index (χ0) is 23.0. The van der Waals surface area contributed by atoms with Crippen molar-refractivity contribution in [3.05, 3.63) is 23.8 Å². The van der Waals surface area contributed by atoms with Crippen molar-refractivity contribution in [2.24, 2.45) is 23.7 Å². The lowest BCUT2D eigenvalue weighted by molar-refractivity contribution is -0.155. The third-order valence-corrected chi connectivity index (χ3v) is 6.05. The summed E-state index contributed by atoms with van der Waals surface area (Å²) in [7, 11) is 0. The molecule has 0 aliphatic carbocycles. The van der Waals surface area contributed by atoms with Crippen LogP contribution in [0.3, 0.4) is 0 Å². The van der Waals surface area contributed by atoms with E-state index in [1.807, 2.05) is 6.92 Å². The summed E-state index contributed by atoms with van der Waals surface area (Å²) in [6, 6.07) is 0. The molecule has 4 N–H and O–H groups in total. The number of carbonyl (C=O) groups is 2. The smallest absolute Gasteiger partial charge is 0.308 e. The maximum atomic E-state index is 12.5.